The summed E-state index contributed by atoms with van der Waals surface area (Å²) in [5, 5.41) is 2.63. The molecule has 0 amide bonds. The molecule has 0 saturated heterocycles. The largest absolute Gasteiger partial charge is 0.375 e. The molecule has 3 aromatic rings. The molecule has 2 heterocycles. The fraction of sp³-hybridized carbons (Fsp3) is 0.176. The Morgan fingerprint density at radius 3 is 2.59 bits per heavy atom. The molecule has 0 saturated carbocycles. The topological polar surface area (TPSA) is 55.0 Å². The van der Waals surface area contributed by atoms with Gasteiger partial charge in [0.25, 0.3) is 0 Å². The number of nitrogen functional groups attached to an aromatic ring is 1. The molecular formula is C17H18N4S. The summed E-state index contributed by atoms with van der Waals surface area (Å²) in [5.41, 5.74) is 10.3. The van der Waals surface area contributed by atoms with E-state index in [0.717, 1.165) is 23.5 Å². The molecule has 0 radical (unpaired) electrons. The Morgan fingerprint density at radius 1 is 1.14 bits per heavy atom. The number of nitrogens with zero attached hydrogens (tertiary/aromatic N) is 3. The van der Waals surface area contributed by atoms with Crippen LogP contribution in [0.2, 0.25) is 0 Å². The fourth-order valence-electron chi connectivity index (χ4n) is 2.36. The van der Waals surface area contributed by atoms with Crippen LogP contribution in [0, 0.1) is 0 Å². The minimum Gasteiger partial charge on any atom is -0.375 e. The summed E-state index contributed by atoms with van der Waals surface area (Å²) < 4.78 is 0. The Hall–Kier alpha value is -2.40. The molecule has 0 aliphatic rings. The highest BCUT2D eigenvalue weighted by Gasteiger charge is 2.08. The van der Waals surface area contributed by atoms with Gasteiger partial charge in [-0.05, 0) is 23.3 Å². The molecule has 3 rings (SSSR count). The van der Waals surface area contributed by atoms with Gasteiger partial charge >= 0.3 is 0 Å². The highest BCUT2D eigenvalue weighted by molar-refractivity contribution is 7.13. The second kappa shape index (κ2) is 6.15. The zero-order chi connectivity index (χ0) is 15.5. The second-order valence-corrected chi connectivity index (χ2v) is 6.20. The summed E-state index contributed by atoms with van der Waals surface area (Å²) in [6, 6.07) is 12.5. The van der Waals surface area contributed by atoms with Crippen molar-refractivity contribution in [2.75, 3.05) is 24.7 Å². The van der Waals surface area contributed by atoms with Crippen LogP contribution in [0.4, 0.5) is 10.9 Å². The predicted molar refractivity (Wildman–Crippen MR) is 93.3 cm³/mol. The van der Waals surface area contributed by atoms with E-state index in [9.17, 15) is 0 Å². The zero-order valence-corrected chi connectivity index (χ0v) is 13.5. The Morgan fingerprint density at radius 2 is 1.95 bits per heavy atom. The number of nitrogens with two attached hydrogens (primary N) is 1. The number of pyridine rings is 1. The van der Waals surface area contributed by atoms with Crippen LogP contribution >= 0.6 is 11.3 Å². The molecule has 4 nitrogen and oxygen atoms in total. The number of aromatic nitrogens is 2. The molecule has 5 heteroatoms. The third-order valence-corrected chi connectivity index (χ3v) is 4.20. The Balaban J connectivity index is 1.93. The third kappa shape index (κ3) is 3.09. The predicted octanol–water partition coefficient (Wildman–Crippen LogP) is 3.44. The lowest BCUT2D eigenvalue weighted by Crippen LogP contribution is -2.10. The average Bonchev–Trinajstić information content (AvgIpc) is 2.93. The molecule has 0 aliphatic heterocycles. The number of thiazole rings is 1. The zero-order valence-electron chi connectivity index (χ0n) is 12.7. The molecule has 0 spiro atoms. The van der Waals surface area contributed by atoms with Crippen LogP contribution in [-0.4, -0.2) is 24.1 Å². The maximum atomic E-state index is 5.72. The van der Waals surface area contributed by atoms with Crippen molar-refractivity contribution in [2.45, 2.75) is 6.42 Å². The van der Waals surface area contributed by atoms with E-state index in [0.29, 0.717) is 5.13 Å². The second-order valence-electron chi connectivity index (χ2n) is 5.31. The highest BCUT2D eigenvalue weighted by atomic mass is 32.1. The van der Waals surface area contributed by atoms with Gasteiger partial charge in [0.1, 0.15) is 5.82 Å². The Bertz CT molecular complexity index is 762. The van der Waals surface area contributed by atoms with Gasteiger partial charge in [0.15, 0.2) is 5.13 Å². The van der Waals surface area contributed by atoms with E-state index >= 15 is 0 Å². The number of anilines is 2. The van der Waals surface area contributed by atoms with Gasteiger partial charge in [-0.1, -0.05) is 24.3 Å². The number of benzene rings is 1. The fourth-order valence-corrected chi connectivity index (χ4v) is 2.93. The lowest BCUT2D eigenvalue weighted by Gasteiger charge is -2.13. The van der Waals surface area contributed by atoms with Crippen molar-refractivity contribution in [2.24, 2.45) is 0 Å². The van der Waals surface area contributed by atoms with Crippen LogP contribution in [0.25, 0.3) is 11.1 Å². The molecule has 0 atom stereocenters. The number of rotatable bonds is 4. The van der Waals surface area contributed by atoms with E-state index in [-0.39, 0.29) is 0 Å². The van der Waals surface area contributed by atoms with Gasteiger partial charge in [0, 0.05) is 37.7 Å². The van der Waals surface area contributed by atoms with E-state index in [2.05, 4.69) is 34.2 Å². The summed E-state index contributed by atoms with van der Waals surface area (Å²) in [6.45, 7) is 0. The SMILES string of the molecule is CN(C)c1ccc(-c2ccccc2Cc2csc(N)n2)cn1. The lowest BCUT2D eigenvalue weighted by atomic mass is 9.98. The van der Waals surface area contributed by atoms with Gasteiger partial charge in [-0.25, -0.2) is 9.97 Å². The standard InChI is InChI=1S/C17H18N4S/c1-21(2)16-8-7-13(10-19-16)15-6-4-3-5-12(15)9-14-11-22-17(18)20-14/h3-8,10-11H,9H2,1-2H3,(H2,18,20). The van der Waals surface area contributed by atoms with Crippen LogP contribution in [0.15, 0.2) is 48.0 Å². The van der Waals surface area contributed by atoms with E-state index < -0.39 is 0 Å². The van der Waals surface area contributed by atoms with Crippen LogP contribution in [-0.2, 0) is 6.42 Å². The molecule has 0 unspecified atom stereocenters. The molecule has 22 heavy (non-hydrogen) atoms. The summed E-state index contributed by atoms with van der Waals surface area (Å²) >= 11 is 1.48. The lowest BCUT2D eigenvalue weighted by molar-refractivity contribution is 1.07. The van der Waals surface area contributed by atoms with Crippen molar-refractivity contribution in [3.05, 3.63) is 59.2 Å². The van der Waals surface area contributed by atoms with Crippen LogP contribution in [0.5, 0.6) is 0 Å². The maximum absolute atomic E-state index is 5.72. The molecule has 0 bridgehead atoms. The van der Waals surface area contributed by atoms with Gasteiger partial charge in [-0.15, -0.1) is 11.3 Å². The van der Waals surface area contributed by atoms with Crippen LogP contribution in [0.1, 0.15) is 11.3 Å². The molecular weight excluding hydrogens is 292 g/mol. The van der Waals surface area contributed by atoms with Gasteiger partial charge in [-0.2, -0.15) is 0 Å². The number of hydrogen-bond donors (Lipinski definition) is 1. The Labute approximate surface area is 134 Å². The van der Waals surface area contributed by atoms with E-state index in [1.807, 2.05) is 42.7 Å². The smallest absolute Gasteiger partial charge is 0.180 e. The van der Waals surface area contributed by atoms with Crippen molar-refractivity contribution in [1.29, 1.82) is 0 Å². The first-order valence-electron chi connectivity index (χ1n) is 7.05. The highest BCUT2D eigenvalue weighted by Crippen LogP contribution is 2.26. The van der Waals surface area contributed by atoms with Crippen molar-refractivity contribution < 1.29 is 0 Å². The third-order valence-electron chi connectivity index (χ3n) is 3.48. The summed E-state index contributed by atoms with van der Waals surface area (Å²) in [4.78, 5) is 10.8. The first-order chi connectivity index (χ1) is 10.6. The Kier molecular flexibility index (Phi) is 4.06. The molecule has 0 fully saturated rings. The minimum absolute atomic E-state index is 0.615. The van der Waals surface area contributed by atoms with Gasteiger partial charge < -0.3 is 10.6 Å². The monoisotopic (exact) mass is 310 g/mol. The van der Waals surface area contributed by atoms with E-state index in [1.165, 1.54) is 22.5 Å². The van der Waals surface area contributed by atoms with Crippen molar-refractivity contribution >= 4 is 22.3 Å². The van der Waals surface area contributed by atoms with Gasteiger partial charge in [-0.3, -0.25) is 0 Å². The van der Waals surface area contributed by atoms with Crippen molar-refractivity contribution in [3.63, 3.8) is 0 Å². The van der Waals surface area contributed by atoms with Crippen LogP contribution in [0.3, 0.4) is 0 Å². The molecule has 0 aliphatic carbocycles. The van der Waals surface area contributed by atoms with Crippen LogP contribution < -0.4 is 10.6 Å². The van der Waals surface area contributed by atoms with Gasteiger partial charge in [0.05, 0.1) is 5.69 Å². The van der Waals surface area contributed by atoms with E-state index in [4.69, 9.17) is 5.73 Å². The summed E-state index contributed by atoms with van der Waals surface area (Å²) in [5.74, 6) is 0.952. The summed E-state index contributed by atoms with van der Waals surface area (Å²) in [6.07, 6.45) is 2.70. The normalized spacial score (nSPS) is 10.6. The molecule has 112 valence electrons. The molecule has 2 aromatic heterocycles. The van der Waals surface area contributed by atoms with E-state index in [1.54, 1.807) is 0 Å². The first-order valence-corrected chi connectivity index (χ1v) is 7.93. The maximum Gasteiger partial charge on any atom is 0.180 e. The van der Waals surface area contributed by atoms with Crippen molar-refractivity contribution in [3.8, 4) is 11.1 Å². The average molecular weight is 310 g/mol. The van der Waals surface area contributed by atoms with Gasteiger partial charge in [0.2, 0.25) is 0 Å². The summed E-state index contributed by atoms with van der Waals surface area (Å²) in [7, 11) is 3.98. The number of hydrogen-bond acceptors (Lipinski definition) is 5. The minimum atomic E-state index is 0.615. The molecule has 1 aromatic carbocycles. The quantitative estimate of drug-likeness (QED) is 0.802. The van der Waals surface area contributed by atoms with Crippen molar-refractivity contribution in [1.82, 2.24) is 9.97 Å². The molecule has 2 N–H and O–H groups in total. The first kappa shape index (κ1) is 14.5.